The maximum atomic E-state index is 12.3. The van der Waals surface area contributed by atoms with Crippen molar-refractivity contribution in [3.05, 3.63) is 58.0 Å². The molecule has 4 nitrogen and oxygen atoms in total. The van der Waals surface area contributed by atoms with Gasteiger partial charge in [0.1, 0.15) is 0 Å². The standard InChI is InChI=1S/C17H19N3O/c1-11-5-7-12(8-6-11)13-9-16(21)20-15(18-13)10-14(19-20)17(2,3)4/h5-10,19H,1-4H3. The Morgan fingerprint density at radius 1 is 1.10 bits per heavy atom. The number of nitrogens with zero attached hydrogens (tertiary/aromatic N) is 2. The molecule has 0 radical (unpaired) electrons. The van der Waals surface area contributed by atoms with Gasteiger partial charge in [-0.25, -0.2) is 9.50 Å². The molecule has 0 fully saturated rings. The maximum Gasteiger partial charge on any atom is 0.273 e. The number of H-pyrrole nitrogens is 1. The van der Waals surface area contributed by atoms with Crippen LogP contribution in [0.2, 0.25) is 0 Å². The quantitative estimate of drug-likeness (QED) is 0.744. The fourth-order valence-electron chi connectivity index (χ4n) is 2.25. The summed E-state index contributed by atoms with van der Waals surface area (Å²) in [6.45, 7) is 8.34. The Labute approximate surface area is 123 Å². The SMILES string of the molecule is Cc1ccc(-c2cc(=O)n3[nH]c(C(C)(C)C)cc3n2)cc1. The van der Waals surface area contributed by atoms with Crippen molar-refractivity contribution in [3.8, 4) is 11.3 Å². The lowest BCUT2D eigenvalue weighted by atomic mass is 9.93. The van der Waals surface area contributed by atoms with E-state index in [1.165, 1.54) is 10.1 Å². The first-order valence-corrected chi connectivity index (χ1v) is 7.05. The van der Waals surface area contributed by atoms with Crippen LogP contribution < -0.4 is 5.56 Å². The molecule has 0 saturated carbocycles. The Balaban J connectivity index is 2.19. The number of aromatic amines is 1. The van der Waals surface area contributed by atoms with Gasteiger partial charge in [-0.1, -0.05) is 50.6 Å². The van der Waals surface area contributed by atoms with Crippen molar-refractivity contribution in [2.75, 3.05) is 0 Å². The topological polar surface area (TPSA) is 50.2 Å². The third-order valence-electron chi connectivity index (χ3n) is 3.61. The van der Waals surface area contributed by atoms with Crippen LogP contribution in [0.3, 0.4) is 0 Å². The van der Waals surface area contributed by atoms with E-state index in [-0.39, 0.29) is 11.0 Å². The van der Waals surface area contributed by atoms with E-state index in [0.29, 0.717) is 11.3 Å². The Morgan fingerprint density at radius 2 is 1.76 bits per heavy atom. The summed E-state index contributed by atoms with van der Waals surface area (Å²) in [7, 11) is 0. The summed E-state index contributed by atoms with van der Waals surface area (Å²) >= 11 is 0. The molecule has 3 aromatic rings. The van der Waals surface area contributed by atoms with Crippen LogP contribution >= 0.6 is 0 Å². The molecule has 108 valence electrons. The van der Waals surface area contributed by atoms with E-state index >= 15 is 0 Å². The van der Waals surface area contributed by atoms with Crippen molar-refractivity contribution in [2.45, 2.75) is 33.1 Å². The molecule has 0 aliphatic rings. The van der Waals surface area contributed by atoms with Crippen molar-refractivity contribution < 1.29 is 0 Å². The lowest BCUT2D eigenvalue weighted by Crippen LogP contribution is -2.16. The van der Waals surface area contributed by atoms with Crippen LogP contribution in [0.4, 0.5) is 0 Å². The van der Waals surface area contributed by atoms with Gasteiger partial charge < -0.3 is 0 Å². The molecule has 0 aliphatic heterocycles. The lowest BCUT2D eigenvalue weighted by Gasteiger charge is -2.14. The molecule has 2 aromatic heterocycles. The molecule has 21 heavy (non-hydrogen) atoms. The van der Waals surface area contributed by atoms with Gasteiger partial charge in [-0.2, -0.15) is 0 Å². The van der Waals surface area contributed by atoms with Crippen LogP contribution in [-0.4, -0.2) is 14.6 Å². The molecule has 0 bridgehead atoms. The third-order valence-corrected chi connectivity index (χ3v) is 3.61. The first kappa shape index (κ1) is 13.6. The molecule has 1 aromatic carbocycles. The lowest BCUT2D eigenvalue weighted by molar-refractivity contribution is 0.561. The van der Waals surface area contributed by atoms with E-state index in [0.717, 1.165) is 11.3 Å². The number of rotatable bonds is 1. The fourth-order valence-corrected chi connectivity index (χ4v) is 2.25. The summed E-state index contributed by atoms with van der Waals surface area (Å²) in [6.07, 6.45) is 0. The van der Waals surface area contributed by atoms with Gasteiger partial charge in [-0.05, 0) is 6.92 Å². The third kappa shape index (κ3) is 2.49. The monoisotopic (exact) mass is 281 g/mol. The summed E-state index contributed by atoms with van der Waals surface area (Å²) in [6, 6.07) is 11.5. The first-order valence-electron chi connectivity index (χ1n) is 7.05. The molecule has 0 amide bonds. The average molecular weight is 281 g/mol. The molecule has 4 heteroatoms. The van der Waals surface area contributed by atoms with E-state index in [1.807, 2.05) is 37.3 Å². The Kier molecular flexibility index (Phi) is 2.97. The number of aromatic nitrogens is 3. The number of hydrogen-bond acceptors (Lipinski definition) is 2. The van der Waals surface area contributed by atoms with E-state index < -0.39 is 0 Å². The Bertz CT molecular complexity index is 848. The van der Waals surface area contributed by atoms with Gasteiger partial charge in [0.15, 0.2) is 5.65 Å². The van der Waals surface area contributed by atoms with E-state index in [9.17, 15) is 4.79 Å². The van der Waals surface area contributed by atoms with Crippen LogP contribution in [0, 0.1) is 6.92 Å². The zero-order chi connectivity index (χ0) is 15.2. The highest BCUT2D eigenvalue weighted by Gasteiger charge is 2.18. The smallest absolute Gasteiger partial charge is 0.273 e. The number of benzene rings is 1. The molecule has 0 unspecified atom stereocenters. The first-order chi connectivity index (χ1) is 9.84. The van der Waals surface area contributed by atoms with Crippen LogP contribution in [0.5, 0.6) is 0 Å². The van der Waals surface area contributed by atoms with E-state index in [2.05, 4.69) is 30.9 Å². The number of hydrogen-bond donors (Lipinski definition) is 1. The summed E-state index contributed by atoms with van der Waals surface area (Å²) in [4.78, 5) is 16.9. The highest BCUT2D eigenvalue weighted by Crippen LogP contribution is 2.22. The Morgan fingerprint density at radius 3 is 2.38 bits per heavy atom. The molecular weight excluding hydrogens is 262 g/mol. The minimum atomic E-state index is -0.0916. The van der Waals surface area contributed by atoms with Crippen molar-refractivity contribution in [1.29, 1.82) is 0 Å². The minimum Gasteiger partial charge on any atom is -0.293 e. The molecular formula is C17H19N3O. The van der Waals surface area contributed by atoms with Crippen LogP contribution in [0.25, 0.3) is 16.9 Å². The van der Waals surface area contributed by atoms with Crippen molar-refractivity contribution >= 4 is 5.65 Å². The van der Waals surface area contributed by atoms with Gasteiger partial charge in [0.25, 0.3) is 5.56 Å². The molecule has 2 heterocycles. The maximum absolute atomic E-state index is 12.3. The normalized spacial score (nSPS) is 12.0. The van der Waals surface area contributed by atoms with Crippen LogP contribution in [-0.2, 0) is 5.41 Å². The minimum absolute atomic E-state index is 0.0514. The fraction of sp³-hybridized carbons (Fsp3) is 0.294. The van der Waals surface area contributed by atoms with Gasteiger partial charge in [0, 0.05) is 28.8 Å². The zero-order valence-corrected chi connectivity index (χ0v) is 12.8. The second-order valence-electron chi connectivity index (χ2n) is 6.46. The van der Waals surface area contributed by atoms with E-state index in [4.69, 9.17) is 0 Å². The van der Waals surface area contributed by atoms with Gasteiger partial charge in [0.05, 0.1) is 5.69 Å². The second kappa shape index (κ2) is 4.58. The van der Waals surface area contributed by atoms with Gasteiger partial charge >= 0.3 is 0 Å². The van der Waals surface area contributed by atoms with Gasteiger partial charge in [0.2, 0.25) is 0 Å². The zero-order valence-electron chi connectivity index (χ0n) is 12.8. The number of aryl methyl sites for hydroxylation is 1. The summed E-state index contributed by atoms with van der Waals surface area (Å²) in [5.74, 6) is 0. The molecule has 3 rings (SSSR count). The van der Waals surface area contributed by atoms with Gasteiger partial charge in [-0.3, -0.25) is 9.89 Å². The molecule has 0 atom stereocenters. The molecule has 0 aliphatic carbocycles. The summed E-state index contributed by atoms with van der Waals surface area (Å²) in [5.41, 5.74) is 4.36. The Hall–Kier alpha value is -2.36. The molecule has 0 spiro atoms. The van der Waals surface area contributed by atoms with Crippen LogP contribution in [0.1, 0.15) is 32.0 Å². The van der Waals surface area contributed by atoms with Gasteiger partial charge in [-0.15, -0.1) is 0 Å². The average Bonchev–Trinajstić information content (AvgIpc) is 2.84. The summed E-state index contributed by atoms with van der Waals surface area (Å²) < 4.78 is 1.50. The highest BCUT2D eigenvalue weighted by atomic mass is 16.1. The van der Waals surface area contributed by atoms with Crippen molar-refractivity contribution in [1.82, 2.24) is 14.6 Å². The molecule has 1 N–H and O–H groups in total. The largest absolute Gasteiger partial charge is 0.293 e. The van der Waals surface area contributed by atoms with Crippen molar-refractivity contribution in [3.63, 3.8) is 0 Å². The van der Waals surface area contributed by atoms with Crippen molar-refractivity contribution in [2.24, 2.45) is 0 Å². The molecule has 0 saturated heterocycles. The predicted octanol–water partition coefficient (Wildman–Crippen LogP) is 3.30. The predicted molar refractivity (Wildman–Crippen MR) is 84.7 cm³/mol. The number of nitrogens with one attached hydrogen (secondary N) is 1. The summed E-state index contributed by atoms with van der Waals surface area (Å²) in [5, 5.41) is 3.13. The second-order valence-corrected chi connectivity index (χ2v) is 6.46. The number of fused-ring (bicyclic) bond motifs is 1. The van der Waals surface area contributed by atoms with E-state index in [1.54, 1.807) is 6.07 Å². The highest BCUT2D eigenvalue weighted by molar-refractivity contribution is 5.61. The van der Waals surface area contributed by atoms with Crippen LogP contribution in [0.15, 0.2) is 41.2 Å².